The summed E-state index contributed by atoms with van der Waals surface area (Å²) in [6, 6.07) is 4.02. The fourth-order valence-electron chi connectivity index (χ4n) is 1.61. The Labute approximate surface area is 128 Å². The average Bonchev–Trinajstić information content (AvgIpc) is 2.91. The number of H-pyrrole nitrogens is 1. The third-order valence-corrected chi connectivity index (χ3v) is 2.97. The molecule has 1 aromatic carbocycles. The summed E-state index contributed by atoms with van der Waals surface area (Å²) < 4.78 is 0.569. The number of nitrogens with one attached hydrogen (secondary N) is 3. The number of carbonyl (C=O) groups is 2. The molecule has 0 fully saturated rings. The van der Waals surface area contributed by atoms with Gasteiger partial charge in [-0.1, -0.05) is 15.9 Å². The summed E-state index contributed by atoms with van der Waals surface area (Å²) in [5, 5.41) is 20.5. The normalized spacial score (nSPS) is 10.1. The van der Waals surface area contributed by atoms with E-state index in [0.29, 0.717) is 29.0 Å². The monoisotopic (exact) mass is 353 g/mol. The Bertz CT molecular complexity index is 644. The number of carbonyl (C=O) groups excluding carboxylic acids is 1. The molecule has 110 valence electrons. The molecule has 0 spiro atoms. The molecule has 2 aromatic rings. The number of halogens is 1. The molecule has 0 unspecified atom stereocenters. The van der Waals surface area contributed by atoms with E-state index in [0.717, 1.165) is 0 Å². The summed E-state index contributed by atoms with van der Waals surface area (Å²) in [5.74, 6) is -0.393. The van der Waals surface area contributed by atoms with Crippen molar-refractivity contribution >= 4 is 33.6 Å². The molecule has 8 nitrogen and oxygen atoms in total. The molecule has 0 saturated heterocycles. The highest BCUT2D eigenvalue weighted by atomic mass is 79.9. The molecular weight excluding hydrogens is 342 g/mol. The largest absolute Gasteiger partial charge is 0.478 e. The first-order valence-electron chi connectivity index (χ1n) is 5.97. The first kappa shape index (κ1) is 15.0. The van der Waals surface area contributed by atoms with Crippen LogP contribution in [0.1, 0.15) is 16.2 Å². The number of amides is 2. The van der Waals surface area contributed by atoms with Gasteiger partial charge >= 0.3 is 12.0 Å². The number of anilines is 1. The molecular formula is C12H12BrN5O3. The number of urea groups is 1. The molecule has 0 saturated carbocycles. The van der Waals surface area contributed by atoms with Crippen LogP contribution in [0.5, 0.6) is 0 Å². The molecule has 0 radical (unpaired) electrons. The molecule has 4 N–H and O–H groups in total. The van der Waals surface area contributed by atoms with Gasteiger partial charge in [0.25, 0.3) is 0 Å². The van der Waals surface area contributed by atoms with Crippen molar-refractivity contribution in [2.24, 2.45) is 0 Å². The van der Waals surface area contributed by atoms with E-state index in [1.54, 1.807) is 6.07 Å². The molecule has 9 heteroatoms. The summed E-state index contributed by atoms with van der Waals surface area (Å²) >= 11 is 3.20. The van der Waals surface area contributed by atoms with Crippen LogP contribution in [0, 0.1) is 0 Å². The van der Waals surface area contributed by atoms with Crippen molar-refractivity contribution in [1.82, 2.24) is 20.5 Å². The predicted octanol–water partition coefficient (Wildman–Crippen LogP) is 1.63. The molecule has 0 aliphatic heterocycles. The molecule has 1 aromatic heterocycles. The lowest BCUT2D eigenvalue weighted by molar-refractivity contribution is 0.0697. The van der Waals surface area contributed by atoms with Crippen LogP contribution in [0.4, 0.5) is 10.5 Å². The van der Waals surface area contributed by atoms with Gasteiger partial charge in [-0.2, -0.15) is 5.10 Å². The quantitative estimate of drug-likeness (QED) is 0.651. The minimum Gasteiger partial charge on any atom is -0.478 e. The number of rotatable bonds is 5. The fraction of sp³-hybridized carbons (Fsp3) is 0.167. The molecule has 2 amide bonds. The van der Waals surface area contributed by atoms with E-state index in [4.69, 9.17) is 5.11 Å². The third-order valence-electron chi connectivity index (χ3n) is 2.51. The lowest BCUT2D eigenvalue weighted by Gasteiger charge is -2.08. The second-order valence-electron chi connectivity index (χ2n) is 4.10. The first-order chi connectivity index (χ1) is 10.0. The van der Waals surface area contributed by atoms with Gasteiger partial charge in [-0.25, -0.2) is 14.6 Å². The Morgan fingerprint density at radius 2 is 2.14 bits per heavy atom. The highest BCUT2D eigenvalue weighted by molar-refractivity contribution is 9.10. The second kappa shape index (κ2) is 6.84. The minimum atomic E-state index is -1.06. The maximum atomic E-state index is 11.7. The Morgan fingerprint density at radius 1 is 1.33 bits per heavy atom. The zero-order chi connectivity index (χ0) is 15.2. The Balaban J connectivity index is 1.88. The number of hydrogen-bond acceptors (Lipinski definition) is 4. The van der Waals surface area contributed by atoms with E-state index in [9.17, 15) is 9.59 Å². The molecule has 0 bridgehead atoms. The van der Waals surface area contributed by atoms with Gasteiger partial charge in [-0.05, 0) is 18.2 Å². The van der Waals surface area contributed by atoms with Crippen molar-refractivity contribution in [3.05, 3.63) is 40.4 Å². The van der Waals surface area contributed by atoms with Gasteiger partial charge < -0.3 is 15.7 Å². The average molecular weight is 354 g/mol. The molecule has 21 heavy (non-hydrogen) atoms. The van der Waals surface area contributed by atoms with E-state index in [1.807, 2.05) is 0 Å². The second-order valence-corrected chi connectivity index (χ2v) is 5.01. The molecule has 1 heterocycles. The lowest BCUT2D eigenvalue weighted by Crippen LogP contribution is -2.30. The van der Waals surface area contributed by atoms with Crippen LogP contribution in [-0.4, -0.2) is 38.8 Å². The minimum absolute atomic E-state index is 0.0846. The third kappa shape index (κ3) is 4.56. The Kier molecular flexibility index (Phi) is 4.88. The van der Waals surface area contributed by atoms with Crippen molar-refractivity contribution in [1.29, 1.82) is 0 Å². The number of aromatic carboxylic acids is 1. The van der Waals surface area contributed by atoms with Crippen LogP contribution >= 0.6 is 15.9 Å². The number of nitrogens with zero attached hydrogens (tertiary/aromatic N) is 2. The van der Waals surface area contributed by atoms with E-state index in [-0.39, 0.29) is 5.56 Å². The lowest BCUT2D eigenvalue weighted by atomic mass is 10.2. The summed E-state index contributed by atoms with van der Waals surface area (Å²) in [6.07, 6.45) is 1.91. The summed E-state index contributed by atoms with van der Waals surface area (Å²) in [7, 11) is 0. The number of carboxylic acids is 1. The van der Waals surface area contributed by atoms with Gasteiger partial charge in [-0.3, -0.25) is 5.10 Å². The van der Waals surface area contributed by atoms with Crippen LogP contribution in [0.15, 0.2) is 29.0 Å². The Hall–Kier alpha value is -2.42. The zero-order valence-electron chi connectivity index (χ0n) is 10.8. The van der Waals surface area contributed by atoms with Gasteiger partial charge in [0.2, 0.25) is 0 Å². The number of aromatic amines is 1. The molecule has 2 rings (SSSR count). The molecule has 0 aliphatic carbocycles. The Morgan fingerprint density at radius 3 is 2.81 bits per heavy atom. The summed E-state index contributed by atoms with van der Waals surface area (Å²) in [6.45, 7) is 0.376. The highest BCUT2D eigenvalue weighted by Crippen LogP contribution is 2.19. The van der Waals surface area contributed by atoms with Crippen LogP contribution in [0.2, 0.25) is 0 Å². The van der Waals surface area contributed by atoms with E-state index < -0.39 is 12.0 Å². The van der Waals surface area contributed by atoms with Crippen molar-refractivity contribution < 1.29 is 14.7 Å². The van der Waals surface area contributed by atoms with Crippen LogP contribution < -0.4 is 10.6 Å². The van der Waals surface area contributed by atoms with Gasteiger partial charge in [0.15, 0.2) is 0 Å². The fourth-order valence-corrected chi connectivity index (χ4v) is 2.10. The van der Waals surface area contributed by atoms with E-state index >= 15 is 0 Å². The topological polar surface area (TPSA) is 120 Å². The highest BCUT2D eigenvalue weighted by Gasteiger charge is 2.08. The maximum absolute atomic E-state index is 11.7. The van der Waals surface area contributed by atoms with Gasteiger partial charge in [-0.15, -0.1) is 0 Å². The van der Waals surface area contributed by atoms with Crippen LogP contribution in [0.25, 0.3) is 0 Å². The summed E-state index contributed by atoms with van der Waals surface area (Å²) in [5.41, 5.74) is 0.472. The van der Waals surface area contributed by atoms with Gasteiger partial charge in [0.1, 0.15) is 12.2 Å². The summed E-state index contributed by atoms with van der Waals surface area (Å²) in [4.78, 5) is 26.6. The van der Waals surface area contributed by atoms with Crippen molar-refractivity contribution in [2.75, 3.05) is 11.9 Å². The standard InChI is InChI=1S/C12H12BrN5O3/c13-8-3-7(11(19)20)4-9(5-8)17-12(21)14-2-1-10-15-6-16-18-10/h3-6H,1-2H2,(H,19,20)(H2,14,17,21)(H,15,16,18). The number of benzene rings is 1. The predicted molar refractivity (Wildman–Crippen MR) is 78.2 cm³/mol. The number of hydrogen-bond donors (Lipinski definition) is 4. The maximum Gasteiger partial charge on any atom is 0.335 e. The van der Waals surface area contributed by atoms with Gasteiger partial charge in [0.05, 0.1) is 5.56 Å². The van der Waals surface area contributed by atoms with Crippen LogP contribution in [0.3, 0.4) is 0 Å². The zero-order valence-corrected chi connectivity index (χ0v) is 12.3. The van der Waals surface area contributed by atoms with Gasteiger partial charge in [0, 0.05) is 23.1 Å². The number of carboxylic acid groups (broad SMARTS) is 1. The van der Waals surface area contributed by atoms with Crippen molar-refractivity contribution in [3.63, 3.8) is 0 Å². The van der Waals surface area contributed by atoms with Crippen LogP contribution in [-0.2, 0) is 6.42 Å². The number of aromatic nitrogens is 3. The van der Waals surface area contributed by atoms with E-state index in [1.165, 1.54) is 18.5 Å². The SMILES string of the molecule is O=C(NCCc1ncn[nH]1)Nc1cc(Br)cc(C(=O)O)c1. The smallest absolute Gasteiger partial charge is 0.335 e. The van der Waals surface area contributed by atoms with Crippen molar-refractivity contribution in [2.45, 2.75) is 6.42 Å². The van der Waals surface area contributed by atoms with E-state index in [2.05, 4.69) is 41.7 Å². The first-order valence-corrected chi connectivity index (χ1v) is 6.77. The van der Waals surface area contributed by atoms with Crippen molar-refractivity contribution in [3.8, 4) is 0 Å². The molecule has 0 atom stereocenters. The molecule has 0 aliphatic rings.